The molecule has 1 N–H and O–H groups in total. The average molecular weight is 461 g/mol. The molecule has 5 nitrogen and oxygen atoms in total. The van der Waals surface area contributed by atoms with Gasteiger partial charge in [-0.15, -0.1) is 11.3 Å². The smallest absolute Gasteiger partial charge is 0.252 e. The highest BCUT2D eigenvalue weighted by Crippen LogP contribution is 2.28. The molecular formula is C22H21ClN2O3S2. The zero-order valence-electron chi connectivity index (χ0n) is 16.1. The summed E-state index contributed by atoms with van der Waals surface area (Å²) in [5, 5.41) is 5.64. The lowest BCUT2D eigenvalue weighted by molar-refractivity contribution is 0.0943. The number of halogens is 1. The second kappa shape index (κ2) is 8.89. The lowest BCUT2D eigenvalue weighted by atomic mass is 10.0. The molecule has 2 heterocycles. The Labute approximate surface area is 185 Å². The highest BCUT2D eigenvalue weighted by Gasteiger charge is 2.27. The Morgan fingerprint density at radius 3 is 2.27 bits per heavy atom. The largest absolute Gasteiger partial charge is 0.340 e. The van der Waals surface area contributed by atoms with E-state index in [2.05, 4.69) is 5.32 Å². The Balaban J connectivity index is 1.55. The molecule has 0 bridgehead atoms. The SMILES string of the molecule is O=C(NC(c1ccc(Cl)cc1)c1cccs1)c1ccc(S(=O)(=O)N2CCCC2)cc1. The van der Waals surface area contributed by atoms with Crippen LogP contribution < -0.4 is 5.32 Å². The summed E-state index contributed by atoms with van der Waals surface area (Å²) in [5.74, 6) is -0.270. The number of sulfonamides is 1. The number of thiophene rings is 1. The van der Waals surface area contributed by atoms with Crippen LogP contribution in [0.1, 0.15) is 39.7 Å². The van der Waals surface area contributed by atoms with E-state index in [-0.39, 0.29) is 16.8 Å². The van der Waals surface area contributed by atoms with Gasteiger partial charge in [-0.05, 0) is 66.2 Å². The van der Waals surface area contributed by atoms with Crippen molar-refractivity contribution in [1.29, 1.82) is 0 Å². The first-order chi connectivity index (χ1) is 14.4. The highest BCUT2D eigenvalue weighted by molar-refractivity contribution is 7.89. The highest BCUT2D eigenvalue weighted by atomic mass is 35.5. The minimum Gasteiger partial charge on any atom is -0.340 e. The number of benzene rings is 2. The molecule has 1 saturated heterocycles. The van der Waals surface area contributed by atoms with E-state index in [1.165, 1.54) is 16.4 Å². The van der Waals surface area contributed by atoms with Gasteiger partial charge in [-0.1, -0.05) is 29.8 Å². The van der Waals surface area contributed by atoms with Crippen LogP contribution in [0.4, 0.5) is 0 Å². The van der Waals surface area contributed by atoms with Gasteiger partial charge in [-0.3, -0.25) is 4.79 Å². The minimum absolute atomic E-state index is 0.216. The number of nitrogens with zero attached hydrogens (tertiary/aromatic N) is 1. The Morgan fingerprint density at radius 2 is 1.67 bits per heavy atom. The fourth-order valence-corrected chi connectivity index (χ4v) is 5.95. The van der Waals surface area contributed by atoms with Gasteiger partial charge in [0.15, 0.2) is 0 Å². The molecule has 1 fully saturated rings. The van der Waals surface area contributed by atoms with Crippen molar-refractivity contribution in [2.45, 2.75) is 23.8 Å². The molecule has 0 spiro atoms. The molecule has 1 atom stereocenters. The molecule has 0 radical (unpaired) electrons. The van der Waals surface area contributed by atoms with Crippen molar-refractivity contribution in [3.05, 3.63) is 87.1 Å². The van der Waals surface area contributed by atoms with Crippen LogP contribution >= 0.6 is 22.9 Å². The Bertz CT molecular complexity index is 1110. The number of hydrogen-bond donors (Lipinski definition) is 1. The van der Waals surface area contributed by atoms with E-state index >= 15 is 0 Å². The Hall–Kier alpha value is -2.19. The van der Waals surface area contributed by atoms with Crippen molar-refractivity contribution >= 4 is 38.9 Å². The van der Waals surface area contributed by atoms with Crippen molar-refractivity contribution in [2.24, 2.45) is 0 Å². The molecule has 1 amide bonds. The molecule has 1 aliphatic rings. The summed E-state index contributed by atoms with van der Waals surface area (Å²) in [6, 6.07) is 17.1. The predicted molar refractivity (Wildman–Crippen MR) is 120 cm³/mol. The zero-order valence-corrected chi connectivity index (χ0v) is 18.5. The van der Waals surface area contributed by atoms with Crippen LogP contribution in [-0.2, 0) is 10.0 Å². The number of carbonyl (C=O) groups is 1. The molecule has 0 saturated carbocycles. The predicted octanol–water partition coefficient (Wildman–Crippen LogP) is 4.71. The fourth-order valence-electron chi connectivity index (χ4n) is 3.50. The van der Waals surface area contributed by atoms with Gasteiger partial charge in [-0.2, -0.15) is 4.31 Å². The number of nitrogens with one attached hydrogen (secondary N) is 1. The summed E-state index contributed by atoms with van der Waals surface area (Å²) in [7, 11) is -3.50. The van der Waals surface area contributed by atoms with Crippen LogP contribution in [0.2, 0.25) is 5.02 Å². The third kappa shape index (κ3) is 4.44. The van der Waals surface area contributed by atoms with Crippen LogP contribution in [0, 0.1) is 0 Å². The van der Waals surface area contributed by atoms with Gasteiger partial charge < -0.3 is 5.32 Å². The van der Waals surface area contributed by atoms with E-state index in [9.17, 15) is 13.2 Å². The summed E-state index contributed by atoms with van der Waals surface area (Å²) in [6.07, 6.45) is 1.77. The number of amides is 1. The summed E-state index contributed by atoms with van der Waals surface area (Å²) in [6.45, 7) is 1.10. The number of rotatable bonds is 6. The van der Waals surface area contributed by atoms with Crippen molar-refractivity contribution in [3.8, 4) is 0 Å². The van der Waals surface area contributed by atoms with Crippen LogP contribution in [0.15, 0.2) is 70.9 Å². The maximum absolute atomic E-state index is 12.9. The fraction of sp³-hybridized carbons (Fsp3) is 0.227. The number of carbonyl (C=O) groups excluding carboxylic acids is 1. The molecule has 4 rings (SSSR count). The van der Waals surface area contributed by atoms with Crippen molar-refractivity contribution < 1.29 is 13.2 Å². The van der Waals surface area contributed by atoms with Crippen LogP contribution in [0.3, 0.4) is 0 Å². The second-order valence-corrected chi connectivity index (χ2v) is 10.5. The van der Waals surface area contributed by atoms with Crippen LogP contribution in [-0.4, -0.2) is 31.7 Å². The maximum atomic E-state index is 12.9. The molecule has 1 aromatic heterocycles. The Kier molecular flexibility index (Phi) is 6.24. The lowest BCUT2D eigenvalue weighted by Crippen LogP contribution is -2.29. The van der Waals surface area contributed by atoms with Gasteiger partial charge in [0.1, 0.15) is 0 Å². The van der Waals surface area contributed by atoms with Gasteiger partial charge in [0.2, 0.25) is 10.0 Å². The van der Waals surface area contributed by atoms with Crippen LogP contribution in [0.25, 0.3) is 0 Å². The lowest BCUT2D eigenvalue weighted by Gasteiger charge is -2.19. The summed E-state index contributed by atoms with van der Waals surface area (Å²) < 4.78 is 26.8. The molecule has 30 heavy (non-hydrogen) atoms. The summed E-state index contributed by atoms with van der Waals surface area (Å²) in [5.41, 5.74) is 1.33. The molecule has 1 aliphatic heterocycles. The van der Waals surface area contributed by atoms with Gasteiger partial charge in [0, 0.05) is 28.6 Å². The molecule has 0 aliphatic carbocycles. The van der Waals surface area contributed by atoms with Crippen molar-refractivity contribution in [3.63, 3.8) is 0 Å². The second-order valence-electron chi connectivity index (χ2n) is 7.11. The normalized spacial score (nSPS) is 15.8. The van der Waals surface area contributed by atoms with E-state index in [4.69, 9.17) is 11.6 Å². The van der Waals surface area contributed by atoms with Crippen LogP contribution in [0.5, 0.6) is 0 Å². The first-order valence-electron chi connectivity index (χ1n) is 9.65. The number of hydrogen-bond acceptors (Lipinski definition) is 4. The third-order valence-electron chi connectivity index (χ3n) is 5.13. The summed E-state index contributed by atoms with van der Waals surface area (Å²) in [4.78, 5) is 14.1. The average Bonchev–Trinajstić information content (AvgIpc) is 3.47. The van der Waals surface area contributed by atoms with E-state index < -0.39 is 10.0 Å². The molecular weight excluding hydrogens is 440 g/mol. The molecule has 2 aromatic carbocycles. The summed E-state index contributed by atoms with van der Waals surface area (Å²) >= 11 is 7.56. The van der Waals surface area contributed by atoms with E-state index in [0.29, 0.717) is 23.7 Å². The first-order valence-corrected chi connectivity index (χ1v) is 12.3. The third-order valence-corrected chi connectivity index (χ3v) is 8.23. The van der Waals surface area contributed by atoms with Gasteiger partial charge in [0.05, 0.1) is 10.9 Å². The van der Waals surface area contributed by atoms with Crippen molar-refractivity contribution in [2.75, 3.05) is 13.1 Å². The molecule has 1 unspecified atom stereocenters. The quantitative estimate of drug-likeness (QED) is 0.579. The maximum Gasteiger partial charge on any atom is 0.252 e. The van der Waals surface area contributed by atoms with Crippen molar-refractivity contribution in [1.82, 2.24) is 9.62 Å². The molecule has 8 heteroatoms. The standard InChI is InChI=1S/C22H21ClN2O3S2/c23-18-9-5-16(6-10-18)21(20-4-3-15-29-20)24-22(26)17-7-11-19(12-8-17)30(27,28)25-13-1-2-14-25/h3-12,15,21H,1-2,13-14H2,(H,24,26). The van der Waals surface area contributed by atoms with Gasteiger partial charge >= 0.3 is 0 Å². The van der Waals surface area contributed by atoms with E-state index in [1.54, 1.807) is 35.6 Å². The van der Waals surface area contributed by atoms with Gasteiger partial charge in [-0.25, -0.2) is 8.42 Å². The zero-order chi connectivity index (χ0) is 21.1. The first kappa shape index (κ1) is 21.1. The Morgan fingerprint density at radius 1 is 1.00 bits per heavy atom. The monoisotopic (exact) mass is 460 g/mol. The van der Waals surface area contributed by atoms with Gasteiger partial charge in [0.25, 0.3) is 5.91 Å². The molecule has 3 aromatic rings. The molecule has 156 valence electrons. The topological polar surface area (TPSA) is 66.5 Å². The van der Waals surface area contributed by atoms with E-state index in [1.807, 2.05) is 29.6 Å². The minimum atomic E-state index is -3.50. The van der Waals surface area contributed by atoms with E-state index in [0.717, 1.165) is 23.3 Å².